The highest BCUT2D eigenvalue weighted by Crippen LogP contribution is 2.18. The zero-order valence-corrected chi connectivity index (χ0v) is 9.01. The molecule has 1 amide bonds. The van der Waals surface area contributed by atoms with Crippen molar-refractivity contribution in [2.24, 2.45) is 11.8 Å². The van der Waals surface area contributed by atoms with Crippen LogP contribution in [0.1, 0.15) is 20.3 Å². The van der Waals surface area contributed by atoms with Gasteiger partial charge in [0.15, 0.2) is 0 Å². The Morgan fingerprint density at radius 3 is 2.53 bits per heavy atom. The van der Waals surface area contributed by atoms with Crippen molar-refractivity contribution in [1.29, 1.82) is 0 Å². The molecule has 1 heterocycles. The summed E-state index contributed by atoms with van der Waals surface area (Å²) in [6, 6.07) is 0. The Balaban J connectivity index is 2.58. The quantitative estimate of drug-likeness (QED) is 0.632. The first-order valence-corrected chi connectivity index (χ1v) is 5.13. The molecule has 1 aliphatic rings. The Hall–Kier alpha value is -1.10. The fourth-order valence-electron chi connectivity index (χ4n) is 1.71. The number of amides is 1. The summed E-state index contributed by atoms with van der Waals surface area (Å²) < 4.78 is 0. The Bertz CT molecular complexity index is 266. The molecule has 0 aromatic heterocycles. The molecule has 1 aliphatic heterocycles. The minimum absolute atomic E-state index is 0.0173. The molecule has 86 valence electrons. The highest BCUT2D eigenvalue weighted by molar-refractivity contribution is 5.96. The van der Waals surface area contributed by atoms with Gasteiger partial charge in [-0.25, -0.2) is 0 Å². The molecule has 1 fully saturated rings. The van der Waals surface area contributed by atoms with Gasteiger partial charge in [-0.05, 0) is 19.3 Å². The molecule has 0 aromatic carbocycles. The number of hydrogen-bond donors (Lipinski definition) is 2. The summed E-state index contributed by atoms with van der Waals surface area (Å²) in [6.07, 6.45) is 0.147. The van der Waals surface area contributed by atoms with Crippen molar-refractivity contribution in [2.75, 3.05) is 13.1 Å². The second kappa shape index (κ2) is 4.61. The largest absolute Gasteiger partial charge is 0.481 e. The van der Waals surface area contributed by atoms with Crippen LogP contribution < -0.4 is 0 Å². The minimum atomic E-state index is -1.10. The Kier molecular flexibility index (Phi) is 3.68. The molecule has 3 atom stereocenters. The zero-order chi connectivity index (χ0) is 11.6. The van der Waals surface area contributed by atoms with E-state index in [1.54, 1.807) is 0 Å². The summed E-state index contributed by atoms with van der Waals surface area (Å²) in [5.41, 5.74) is 0. The van der Waals surface area contributed by atoms with E-state index in [4.69, 9.17) is 5.11 Å². The van der Waals surface area contributed by atoms with E-state index in [2.05, 4.69) is 0 Å². The summed E-state index contributed by atoms with van der Waals surface area (Å²) in [5, 5.41) is 18.2. The number of hydrogen-bond acceptors (Lipinski definition) is 3. The third-order valence-corrected chi connectivity index (χ3v) is 2.91. The van der Waals surface area contributed by atoms with Gasteiger partial charge in [0.1, 0.15) is 5.92 Å². The van der Waals surface area contributed by atoms with Crippen molar-refractivity contribution in [1.82, 2.24) is 4.90 Å². The van der Waals surface area contributed by atoms with E-state index in [-0.39, 0.29) is 17.9 Å². The number of aliphatic hydroxyl groups excluding tert-OH is 1. The molecule has 1 rings (SSSR count). The molecule has 0 saturated carbocycles. The minimum Gasteiger partial charge on any atom is -0.481 e. The Morgan fingerprint density at radius 1 is 1.47 bits per heavy atom. The van der Waals surface area contributed by atoms with E-state index >= 15 is 0 Å². The Morgan fingerprint density at radius 2 is 2.07 bits per heavy atom. The number of carboxylic acids is 1. The van der Waals surface area contributed by atoms with Crippen LogP contribution in [0.15, 0.2) is 0 Å². The standard InChI is InChI=1S/C10H17NO4/c1-6-5-11(4-3-8(6)12)9(13)7(2)10(14)15/h6-8,12H,3-5H2,1-2H3,(H,14,15). The predicted molar refractivity (Wildman–Crippen MR) is 53.2 cm³/mol. The topological polar surface area (TPSA) is 77.8 Å². The summed E-state index contributed by atoms with van der Waals surface area (Å²) in [6.45, 7) is 4.13. The van der Waals surface area contributed by atoms with Crippen LogP contribution in [0.3, 0.4) is 0 Å². The van der Waals surface area contributed by atoms with Crippen LogP contribution in [0.4, 0.5) is 0 Å². The fraction of sp³-hybridized carbons (Fsp3) is 0.800. The van der Waals surface area contributed by atoms with Gasteiger partial charge in [0.25, 0.3) is 0 Å². The number of aliphatic carboxylic acids is 1. The average Bonchev–Trinajstić information content (AvgIpc) is 2.19. The smallest absolute Gasteiger partial charge is 0.315 e. The zero-order valence-electron chi connectivity index (χ0n) is 9.01. The van der Waals surface area contributed by atoms with Crippen molar-refractivity contribution in [2.45, 2.75) is 26.4 Å². The number of carbonyl (C=O) groups excluding carboxylic acids is 1. The van der Waals surface area contributed by atoms with Crippen molar-refractivity contribution in [3.05, 3.63) is 0 Å². The molecule has 3 unspecified atom stereocenters. The molecule has 0 radical (unpaired) electrons. The molecule has 0 aliphatic carbocycles. The second-order valence-electron chi connectivity index (χ2n) is 4.18. The van der Waals surface area contributed by atoms with Crippen LogP contribution >= 0.6 is 0 Å². The normalized spacial score (nSPS) is 28.6. The van der Waals surface area contributed by atoms with Crippen LogP contribution in [-0.4, -0.2) is 46.2 Å². The number of rotatable bonds is 2. The number of nitrogens with zero attached hydrogens (tertiary/aromatic N) is 1. The molecule has 5 heteroatoms. The lowest BCUT2D eigenvalue weighted by Gasteiger charge is -2.35. The highest BCUT2D eigenvalue weighted by atomic mass is 16.4. The highest BCUT2D eigenvalue weighted by Gasteiger charge is 2.31. The maximum atomic E-state index is 11.7. The monoisotopic (exact) mass is 215 g/mol. The van der Waals surface area contributed by atoms with Gasteiger partial charge in [0.05, 0.1) is 6.10 Å². The summed E-state index contributed by atoms with van der Waals surface area (Å²) in [5.74, 6) is -2.43. The van der Waals surface area contributed by atoms with E-state index in [0.29, 0.717) is 19.5 Å². The first kappa shape index (κ1) is 12.0. The molecule has 0 bridgehead atoms. The van der Waals surface area contributed by atoms with E-state index in [1.807, 2.05) is 6.92 Å². The molecule has 0 spiro atoms. The first-order valence-electron chi connectivity index (χ1n) is 5.13. The first-order chi connectivity index (χ1) is 6.93. The lowest BCUT2D eigenvalue weighted by atomic mass is 9.95. The predicted octanol–water partition coefficient (Wildman–Crippen LogP) is -0.0636. The summed E-state index contributed by atoms with van der Waals surface area (Å²) in [4.78, 5) is 23.8. The van der Waals surface area contributed by atoms with E-state index < -0.39 is 11.9 Å². The van der Waals surface area contributed by atoms with Gasteiger partial charge in [0, 0.05) is 13.1 Å². The molecular formula is C10H17NO4. The van der Waals surface area contributed by atoms with Crippen LogP contribution in [0.5, 0.6) is 0 Å². The lowest BCUT2D eigenvalue weighted by Crippen LogP contribution is -2.47. The van der Waals surface area contributed by atoms with Gasteiger partial charge in [-0.1, -0.05) is 6.92 Å². The summed E-state index contributed by atoms with van der Waals surface area (Å²) >= 11 is 0. The van der Waals surface area contributed by atoms with E-state index in [0.717, 1.165) is 0 Å². The van der Waals surface area contributed by atoms with Gasteiger partial charge < -0.3 is 15.1 Å². The number of likely N-dealkylation sites (tertiary alicyclic amines) is 1. The number of aliphatic hydroxyl groups is 1. The fourth-order valence-corrected chi connectivity index (χ4v) is 1.71. The maximum absolute atomic E-state index is 11.7. The van der Waals surface area contributed by atoms with Crippen molar-refractivity contribution in [3.63, 3.8) is 0 Å². The average molecular weight is 215 g/mol. The number of piperidine rings is 1. The van der Waals surface area contributed by atoms with Crippen LogP contribution in [0.2, 0.25) is 0 Å². The number of carboxylic acid groups (broad SMARTS) is 1. The summed E-state index contributed by atoms with van der Waals surface area (Å²) in [7, 11) is 0. The van der Waals surface area contributed by atoms with Gasteiger partial charge >= 0.3 is 5.97 Å². The molecular weight excluding hydrogens is 198 g/mol. The Labute approximate surface area is 88.7 Å². The maximum Gasteiger partial charge on any atom is 0.315 e. The van der Waals surface area contributed by atoms with Crippen molar-refractivity contribution >= 4 is 11.9 Å². The molecule has 1 saturated heterocycles. The van der Waals surface area contributed by atoms with Gasteiger partial charge in [0.2, 0.25) is 5.91 Å². The van der Waals surface area contributed by atoms with Gasteiger partial charge in [-0.2, -0.15) is 0 Å². The van der Waals surface area contributed by atoms with Crippen LogP contribution in [0.25, 0.3) is 0 Å². The van der Waals surface area contributed by atoms with Crippen molar-refractivity contribution < 1.29 is 19.8 Å². The lowest BCUT2D eigenvalue weighted by molar-refractivity contribution is -0.151. The third-order valence-electron chi connectivity index (χ3n) is 2.91. The SMILES string of the molecule is CC(C(=O)O)C(=O)N1CCC(O)C(C)C1. The molecule has 2 N–H and O–H groups in total. The molecule has 0 aromatic rings. The van der Waals surface area contributed by atoms with Crippen molar-refractivity contribution in [3.8, 4) is 0 Å². The van der Waals surface area contributed by atoms with Crippen LogP contribution in [0, 0.1) is 11.8 Å². The van der Waals surface area contributed by atoms with Gasteiger partial charge in [-0.3, -0.25) is 9.59 Å². The van der Waals surface area contributed by atoms with Gasteiger partial charge in [-0.15, -0.1) is 0 Å². The molecule has 15 heavy (non-hydrogen) atoms. The second-order valence-corrected chi connectivity index (χ2v) is 4.18. The van der Waals surface area contributed by atoms with E-state index in [9.17, 15) is 14.7 Å². The third kappa shape index (κ3) is 2.68. The molecule has 5 nitrogen and oxygen atoms in total. The van der Waals surface area contributed by atoms with Crippen LogP contribution in [-0.2, 0) is 9.59 Å². The van der Waals surface area contributed by atoms with E-state index in [1.165, 1.54) is 11.8 Å². The number of carbonyl (C=O) groups is 2.